The molecule has 0 N–H and O–H groups in total. The Morgan fingerprint density at radius 3 is 2.42 bits per heavy atom. The molecule has 1 aromatic heterocycles. The average Bonchev–Trinajstić information content (AvgIpc) is 3.16. The molecule has 1 heterocycles. The van der Waals surface area contributed by atoms with Crippen LogP contribution < -0.4 is 11.2 Å². The molecule has 0 aliphatic heterocycles. The molecule has 1 fully saturated rings. The van der Waals surface area contributed by atoms with Crippen molar-refractivity contribution in [2.45, 2.75) is 39.3 Å². The summed E-state index contributed by atoms with van der Waals surface area (Å²) < 4.78 is 2.38. The van der Waals surface area contributed by atoms with Crippen LogP contribution in [0.15, 0.2) is 9.59 Å². The first-order valence-corrected chi connectivity index (χ1v) is 6.34. The van der Waals surface area contributed by atoms with E-state index >= 15 is 0 Å². The highest BCUT2D eigenvalue weighted by Gasteiger charge is 2.44. The van der Waals surface area contributed by atoms with Gasteiger partial charge in [0.05, 0.1) is 0 Å². The van der Waals surface area contributed by atoms with Crippen LogP contribution in [0.4, 0.5) is 0 Å². The van der Waals surface area contributed by atoms with Gasteiger partial charge in [-0.15, -0.1) is 0 Å². The van der Waals surface area contributed by atoms with Gasteiger partial charge in [-0.2, -0.15) is 0 Å². The molecule has 0 bridgehead atoms. The van der Waals surface area contributed by atoms with Crippen molar-refractivity contribution >= 4 is 0 Å². The minimum Gasteiger partial charge on any atom is -0.300 e. The number of nitrogens with zero attached hydrogens (tertiary/aromatic N) is 3. The van der Waals surface area contributed by atoms with Crippen molar-refractivity contribution < 1.29 is 4.92 Å². The van der Waals surface area contributed by atoms with Crippen LogP contribution in [0.2, 0.25) is 0 Å². The van der Waals surface area contributed by atoms with Gasteiger partial charge in [-0.05, 0) is 26.7 Å². The molecule has 19 heavy (non-hydrogen) atoms. The maximum Gasteiger partial charge on any atom is 0.330 e. The molecule has 1 aromatic rings. The van der Waals surface area contributed by atoms with E-state index in [0.29, 0.717) is 5.69 Å². The minimum absolute atomic E-state index is 0.0794. The van der Waals surface area contributed by atoms with E-state index in [2.05, 4.69) is 0 Å². The highest BCUT2D eigenvalue weighted by atomic mass is 16.6. The lowest BCUT2D eigenvalue weighted by molar-refractivity contribution is -0.534. The molecule has 1 aliphatic rings. The molecule has 0 amide bonds. The lowest BCUT2D eigenvalue weighted by Gasteiger charge is -2.15. The van der Waals surface area contributed by atoms with Crippen LogP contribution in [0.1, 0.15) is 37.1 Å². The lowest BCUT2D eigenvalue weighted by atomic mass is 10.0. The quantitative estimate of drug-likeness (QED) is 0.590. The fourth-order valence-corrected chi connectivity index (χ4v) is 2.44. The Morgan fingerprint density at radius 2 is 2.00 bits per heavy atom. The Labute approximate surface area is 109 Å². The van der Waals surface area contributed by atoms with Crippen molar-refractivity contribution in [1.29, 1.82) is 0 Å². The van der Waals surface area contributed by atoms with Crippen LogP contribution in [-0.2, 0) is 13.6 Å². The second-order valence-electron chi connectivity index (χ2n) is 4.96. The molecule has 0 saturated heterocycles. The van der Waals surface area contributed by atoms with Crippen molar-refractivity contribution in [3.05, 3.63) is 42.2 Å². The zero-order valence-electron chi connectivity index (χ0n) is 11.3. The Hall–Kier alpha value is -1.92. The minimum atomic E-state index is -0.989. The summed E-state index contributed by atoms with van der Waals surface area (Å²) in [5.41, 5.74) is -0.381. The standard InChI is InChI=1S/C12H17N3O4/c1-4-14-11(16)9(7(2)13(3)12(14)17)10(15(18)19)8-5-6-8/h8,10H,4-6H2,1-3H3. The molecule has 1 saturated carbocycles. The van der Waals surface area contributed by atoms with Gasteiger partial charge in [-0.25, -0.2) is 4.79 Å². The maximum absolute atomic E-state index is 12.3. The van der Waals surface area contributed by atoms with Gasteiger partial charge in [-0.3, -0.25) is 19.5 Å². The zero-order valence-corrected chi connectivity index (χ0v) is 11.3. The predicted molar refractivity (Wildman–Crippen MR) is 68.8 cm³/mol. The van der Waals surface area contributed by atoms with Crippen LogP contribution in [-0.4, -0.2) is 14.1 Å². The Morgan fingerprint density at radius 1 is 1.42 bits per heavy atom. The van der Waals surface area contributed by atoms with Gasteiger partial charge < -0.3 is 4.57 Å². The van der Waals surface area contributed by atoms with E-state index < -0.39 is 22.2 Å². The first-order chi connectivity index (χ1) is 8.90. The van der Waals surface area contributed by atoms with Crippen LogP contribution in [0, 0.1) is 23.0 Å². The van der Waals surface area contributed by atoms with E-state index in [-0.39, 0.29) is 18.0 Å². The summed E-state index contributed by atoms with van der Waals surface area (Å²) in [5.74, 6) is -0.0794. The molecular weight excluding hydrogens is 250 g/mol. The lowest BCUT2D eigenvalue weighted by Crippen LogP contribution is -2.43. The van der Waals surface area contributed by atoms with Crippen molar-refractivity contribution in [2.75, 3.05) is 0 Å². The van der Waals surface area contributed by atoms with E-state index in [1.54, 1.807) is 13.8 Å². The third-order valence-corrected chi connectivity index (χ3v) is 3.79. The smallest absolute Gasteiger partial charge is 0.300 e. The first kappa shape index (κ1) is 13.5. The van der Waals surface area contributed by atoms with Crippen LogP contribution >= 0.6 is 0 Å². The fraction of sp³-hybridized carbons (Fsp3) is 0.667. The molecule has 7 heteroatoms. The first-order valence-electron chi connectivity index (χ1n) is 6.34. The van der Waals surface area contributed by atoms with E-state index in [0.717, 1.165) is 17.4 Å². The van der Waals surface area contributed by atoms with Gasteiger partial charge in [0.1, 0.15) is 5.56 Å². The summed E-state index contributed by atoms with van der Waals surface area (Å²) in [5, 5.41) is 11.3. The monoisotopic (exact) mass is 267 g/mol. The van der Waals surface area contributed by atoms with Crippen molar-refractivity contribution in [3.63, 3.8) is 0 Å². The number of aromatic nitrogens is 2. The predicted octanol–water partition coefficient (Wildman–Crippen LogP) is 0.603. The van der Waals surface area contributed by atoms with Crippen molar-refractivity contribution in [3.8, 4) is 0 Å². The summed E-state index contributed by atoms with van der Waals surface area (Å²) in [6, 6.07) is -0.989. The molecular formula is C12H17N3O4. The summed E-state index contributed by atoms with van der Waals surface area (Å²) in [4.78, 5) is 35.1. The highest BCUT2D eigenvalue weighted by molar-refractivity contribution is 5.21. The van der Waals surface area contributed by atoms with E-state index in [1.807, 2.05) is 0 Å². The molecule has 7 nitrogen and oxygen atoms in total. The topological polar surface area (TPSA) is 87.1 Å². The van der Waals surface area contributed by atoms with Gasteiger partial charge in [0, 0.05) is 30.1 Å². The molecule has 0 radical (unpaired) electrons. The molecule has 0 spiro atoms. The summed E-state index contributed by atoms with van der Waals surface area (Å²) >= 11 is 0. The van der Waals surface area contributed by atoms with Crippen molar-refractivity contribution in [1.82, 2.24) is 9.13 Å². The van der Waals surface area contributed by atoms with Crippen LogP contribution in [0.25, 0.3) is 0 Å². The molecule has 2 rings (SSSR count). The zero-order chi connectivity index (χ0) is 14.3. The summed E-state index contributed by atoms with van der Waals surface area (Å²) in [6.07, 6.45) is 1.53. The van der Waals surface area contributed by atoms with Gasteiger partial charge >= 0.3 is 5.69 Å². The van der Waals surface area contributed by atoms with Gasteiger partial charge in [0.25, 0.3) is 5.56 Å². The molecule has 1 aliphatic carbocycles. The molecule has 1 atom stereocenters. The Kier molecular flexibility index (Phi) is 3.30. The number of hydrogen-bond donors (Lipinski definition) is 0. The summed E-state index contributed by atoms with van der Waals surface area (Å²) in [6.45, 7) is 3.49. The number of nitro groups is 1. The number of hydrogen-bond acceptors (Lipinski definition) is 4. The normalized spacial score (nSPS) is 16.4. The highest BCUT2D eigenvalue weighted by Crippen LogP contribution is 2.42. The fourth-order valence-electron chi connectivity index (χ4n) is 2.44. The van der Waals surface area contributed by atoms with Crippen LogP contribution in [0.5, 0.6) is 0 Å². The third-order valence-electron chi connectivity index (χ3n) is 3.79. The second kappa shape index (κ2) is 4.64. The van der Waals surface area contributed by atoms with Crippen LogP contribution in [0.3, 0.4) is 0 Å². The summed E-state index contributed by atoms with van der Waals surface area (Å²) in [7, 11) is 1.54. The SMILES string of the molecule is CCn1c(=O)c(C(C2CC2)[N+](=O)[O-])c(C)n(C)c1=O. The Bertz CT molecular complexity index is 640. The van der Waals surface area contributed by atoms with Crippen molar-refractivity contribution in [2.24, 2.45) is 13.0 Å². The van der Waals surface area contributed by atoms with Gasteiger partial charge in [0.2, 0.25) is 6.04 Å². The van der Waals surface area contributed by atoms with E-state index in [4.69, 9.17) is 0 Å². The maximum atomic E-state index is 12.3. The Balaban J connectivity index is 2.75. The van der Waals surface area contributed by atoms with E-state index in [9.17, 15) is 19.7 Å². The van der Waals surface area contributed by atoms with Gasteiger partial charge in [0.15, 0.2) is 0 Å². The number of rotatable bonds is 4. The third kappa shape index (κ3) is 2.09. The second-order valence-corrected chi connectivity index (χ2v) is 4.96. The van der Waals surface area contributed by atoms with Gasteiger partial charge in [-0.1, -0.05) is 0 Å². The largest absolute Gasteiger partial charge is 0.330 e. The molecule has 0 aromatic carbocycles. The molecule has 1 unspecified atom stereocenters. The van der Waals surface area contributed by atoms with E-state index in [1.165, 1.54) is 11.6 Å². The molecule has 104 valence electrons. The average molecular weight is 267 g/mol.